The Labute approximate surface area is 176 Å². The zero-order chi connectivity index (χ0) is 23.1. The molecule has 1 unspecified atom stereocenters. The van der Waals surface area contributed by atoms with Crippen LogP contribution in [0.5, 0.6) is 5.75 Å². The minimum absolute atomic E-state index is 0.0290. The van der Waals surface area contributed by atoms with Crippen LogP contribution in [0.2, 0.25) is 0 Å². The van der Waals surface area contributed by atoms with Gasteiger partial charge in [0.05, 0.1) is 21.7 Å². The Bertz CT molecular complexity index is 1110. The molecular weight excluding hydrogens is 445 g/mol. The fraction of sp³-hybridized carbons (Fsp3) is 0.200. The summed E-state index contributed by atoms with van der Waals surface area (Å²) in [6.07, 6.45) is -4.91. The van der Waals surface area contributed by atoms with E-state index < -0.39 is 58.1 Å². The Morgan fingerprint density at radius 2 is 1.81 bits per heavy atom. The molecule has 164 valence electrons. The number of rotatable bonds is 4. The highest BCUT2D eigenvalue weighted by molar-refractivity contribution is 8.03. The number of phenolic OH excluding ortho intramolecular Hbond substituents is 1. The number of amides is 1. The van der Waals surface area contributed by atoms with Gasteiger partial charge >= 0.3 is 12.1 Å². The van der Waals surface area contributed by atoms with Gasteiger partial charge in [0, 0.05) is 11.7 Å². The molecule has 31 heavy (non-hydrogen) atoms. The Morgan fingerprint density at radius 3 is 2.42 bits per heavy atom. The van der Waals surface area contributed by atoms with E-state index in [4.69, 9.17) is 0 Å². The molecule has 0 aromatic heterocycles. The van der Waals surface area contributed by atoms with E-state index in [9.17, 15) is 41.8 Å². The van der Waals surface area contributed by atoms with Gasteiger partial charge in [-0.2, -0.15) is 13.2 Å². The molecule has 3 rings (SSSR count). The number of thioether (sulfide) groups is 1. The standard InChI is InChI=1S/C20H14F5NO4S/c1-8-5-6-9(15(22)14(8)21)11-7-31-18(13(11)19(29)30)26-17(28)10-3-2-4-12(16(10)27)20(23,24)25/h2-6,11,27H,7H2,1H3,(H,26,28)(H,29,30). The minimum Gasteiger partial charge on any atom is -0.506 e. The number of halogens is 5. The van der Waals surface area contributed by atoms with Gasteiger partial charge in [-0.25, -0.2) is 13.6 Å². The number of carbonyl (C=O) groups is 2. The van der Waals surface area contributed by atoms with Crippen molar-refractivity contribution >= 4 is 23.6 Å². The summed E-state index contributed by atoms with van der Waals surface area (Å²) in [7, 11) is 0. The maximum Gasteiger partial charge on any atom is 0.419 e. The summed E-state index contributed by atoms with van der Waals surface area (Å²) >= 11 is 0.813. The van der Waals surface area contributed by atoms with Crippen LogP contribution in [0.15, 0.2) is 40.9 Å². The number of alkyl halides is 3. The summed E-state index contributed by atoms with van der Waals surface area (Å²) in [5.74, 6) is -7.50. The van der Waals surface area contributed by atoms with Crippen molar-refractivity contribution in [2.45, 2.75) is 19.0 Å². The number of hydrogen-bond acceptors (Lipinski definition) is 4. The normalized spacial score (nSPS) is 16.5. The number of aryl methyl sites for hydroxylation is 1. The predicted molar refractivity (Wildman–Crippen MR) is 102 cm³/mol. The fourth-order valence-corrected chi connectivity index (χ4v) is 4.37. The molecule has 0 saturated heterocycles. The molecular formula is C20H14F5NO4S. The number of carboxylic acids is 1. The molecule has 0 bridgehead atoms. The van der Waals surface area contributed by atoms with Gasteiger partial charge in [-0.3, -0.25) is 4.79 Å². The Kier molecular flexibility index (Phi) is 5.99. The van der Waals surface area contributed by atoms with Crippen LogP contribution in [0, 0.1) is 18.6 Å². The molecule has 0 fully saturated rings. The number of aromatic hydroxyl groups is 1. The zero-order valence-electron chi connectivity index (χ0n) is 15.7. The van der Waals surface area contributed by atoms with Crippen LogP contribution in [0.3, 0.4) is 0 Å². The second-order valence-corrected chi connectivity index (χ2v) is 7.70. The summed E-state index contributed by atoms with van der Waals surface area (Å²) in [4.78, 5) is 24.3. The lowest BCUT2D eigenvalue weighted by molar-refractivity contribution is -0.138. The summed E-state index contributed by atoms with van der Waals surface area (Å²) in [6, 6.07) is 4.97. The largest absolute Gasteiger partial charge is 0.506 e. The number of carboxylic acid groups (broad SMARTS) is 1. The van der Waals surface area contributed by atoms with Gasteiger partial charge in [-0.15, -0.1) is 11.8 Å². The lowest BCUT2D eigenvalue weighted by Crippen LogP contribution is -2.24. The molecule has 0 saturated carbocycles. The first-order chi connectivity index (χ1) is 14.4. The van der Waals surface area contributed by atoms with Gasteiger partial charge in [-0.1, -0.05) is 18.2 Å². The molecule has 2 aromatic carbocycles. The molecule has 5 nitrogen and oxygen atoms in total. The maximum atomic E-state index is 14.4. The number of carbonyl (C=O) groups excluding carboxylic acids is 1. The summed E-state index contributed by atoms with van der Waals surface area (Å²) in [5.41, 5.74) is -2.78. The lowest BCUT2D eigenvalue weighted by Gasteiger charge is -2.15. The second kappa shape index (κ2) is 8.22. The highest BCUT2D eigenvalue weighted by Gasteiger charge is 2.38. The predicted octanol–water partition coefficient (Wildman–Crippen LogP) is 4.55. The molecule has 3 N–H and O–H groups in total. The number of benzene rings is 2. The van der Waals surface area contributed by atoms with Gasteiger partial charge in [0.1, 0.15) is 5.75 Å². The van der Waals surface area contributed by atoms with Crippen LogP contribution in [0.4, 0.5) is 22.0 Å². The van der Waals surface area contributed by atoms with E-state index in [1.807, 2.05) is 0 Å². The van der Waals surface area contributed by atoms with Crippen molar-refractivity contribution in [3.05, 3.63) is 74.8 Å². The molecule has 0 spiro atoms. The lowest BCUT2D eigenvalue weighted by atomic mass is 9.92. The number of nitrogens with one attached hydrogen (secondary N) is 1. The molecule has 1 heterocycles. The molecule has 1 aliphatic rings. The first kappa shape index (κ1) is 22.6. The highest BCUT2D eigenvalue weighted by Crippen LogP contribution is 2.43. The van der Waals surface area contributed by atoms with E-state index in [1.54, 1.807) is 0 Å². The van der Waals surface area contributed by atoms with Crippen LogP contribution < -0.4 is 5.32 Å². The third-order valence-corrected chi connectivity index (χ3v) is 5.82. The fourth-order valence-electron chi connectivity index (χ4n) is 3.14. The first-order valence-electron chi connectivity index (χ1n) is 8.68. The van der Waals surface area contributed by atoms with Gasteiger partial charge in [0.2, 0.25) is 0 Å². The number of phenols is 1. The van der Waals surface area contributed by atoms with Crippen LogP contribution in [0.25, 0.3) is 0 Å². The van der Waals surface area contributed by atoms with Crippen LogP contribution >= 0.6 is 11.8 Å². The number of aliphatic carboxylic acids is 1. The summed E-state index contributed by atoms with van der Waals surface area (Å²) < 4.78 is 67.2. The number of para-hydroxylation sites is 1. The van der Waals surface area contributed by atoms with Crippen molar-refractivity contribution in [2.75, 3.05) is 5.75 Å². The molecule has 1 atom stereocenters. The maximum absolute atomic E-state index is 14.4. The van der Waals surface area contributed by atoms with E-state index in [1.165, 1.54) is 19.1 Å². The Morgan fingerprint density at radius 1 is 1.13 bits per heavy atom. The first-order valence-corrected chi connectivity index (χ1v) is 9.67. The second-order valence-electron chi connectivity index (χ2n) is 6.66. The monoisotopic (exact) mass is 459 g/mol. The van der Waals surface area contributed by atoms with Gasteiger partial charge in [0.25, 0.3) is 5.91 Å². The topological polar surface area (TPSA) is 86.6 Å². The van der Waals surface area contributed by atoms with Crippen LogP contribution in [-0.2, 0) is 11.0 Å². The molecule has 1 aliphatic heterocycles. The Balaban J connectivity index is 1.98. The third-order valence-electron chi connectivity index (χ3n) is 4.71. The van der Waals surface area contributed by atoms with E-state index in [0.29, 0.717) is 6.07 Å². The molecule has 0 aliphatic carbocycles. The van der Waals surface area contributed by atoms with E-state index in [2.05, 4.69) is 5.32 Å². The summed E-state index contributed by atoms with van der Waals surface area (Å²) in [5, 5.41) is 21.4. The van der Waals surface area contributed by atoms with Crippen molar-refractivity contribution in [3.63, 3.8) is 0 Å². The summed E-state index contributed by atoms with van der Waals surface area (Å²) in [6.45, 7) is 1.34. The third kappa shape index (κ3) is 4.22. The highest BCUT2D eigenvalue weighted by atomic mass is 32.2. The van der Waals surface area contributed by atoms with Crippen LogP contribution in [0.1, 0.15) is 33.0 Å². The van der Waals surface area contributed by atoms with Crippen molar-refractivity contribution in [3.8, 4) is 5.75 Å². The smallest absolute Gasteiger partial charge is 0.419 e. The number of hydrogen-bond donors (Lipinski definition) is 3. The Hall–Kier alpha value is -3.08. The van der Waals surface area contributed by atoms with E-state index >= 15 is 0 Å². The molecule has 11 heteroatoms. The van der Waals surface area contributed by atoms with Gasteiger partial charge < -0.3 is 15.5 Å². The van der Waals surface area contributed by atoms with Crippen molar-refractivity contribution in [1.82, 2.24) is 5.32 Å². The molecule has 1 amide bonds. The van der Waals surface area contributed by atoms with E-state index in [0.717, 1.165) is 23.9 Å². The zero-order valence-corrected chi connectivity index (χ0v) is 16.5. The van der Waals surface area contributed by atoms with Crippen LogP contribution in [-0.4, -0.2) is 27.8 Å². The SMILES string of the molecule is Cc1ccc(C2CSC(NC(=O)c3cccc(C(F)(F)F)c3O)=C2C(=O)O)c(F)c1F. The van der Waals surface area contributed by atoms with Gasteiger partial charge in [-0.05, 0) is 30.2 Å². The quantitative estimate of drug-likeness (QED) is 0.584. The average Bonchev–Trinajstić information content (AvgIpc) is 3.08. The molecule has 2 aromatic rings. The van der Waals surface area contributed by atoms with Crippen molar-refractivity contribution < 1.29 is 41.8 Å². The average molecular weight is 459 g/mol. The minimum atomic E-state index is -4.91. The van der Waals surface area contributed by atoms with Gasteiger partial charge in [0.15, 0.2) is 11.6 Å². The molecule has 0 radical (unpaired) electrons. The van der Waals surface area contributed by atoms with Crippen molar-refractivity contribution in [1.29, 1.82) is 0 Å². The van der Waals surface area contributed by atoms with E-state index in [-0.39, 0.29) is 21.9 Å². The van der Waals surface area contributed by atoms with Crippen molar-refractivity contribution in [2.24, 2.45) is 0 Å².